The highest BCUT2D eigenvalue weighted by atomic mass is 79.9. The van der Waals surface area contributed by atoms with Crippen LogP contribution in [0.25, 0.3) is 0 Å². The summed E-state index contributed by atoms with van der Waals surface area (Å²) >= 11 is 3.47. The third-order valence-corrected chi connectivity index (χ3v) is 4.76. The number of aryl methyl sites for hydroxylation is 1. The van der Waals surface area contributed by atoms with Crippen LogP contribution in [0, 0.1) is 6.92 Å². The van der Waals surface area contributed by atoms with Crippen LogP contribution in [0.1, 0.15) is 22.3 Å². The lowest BCUT2D eigenvalue weighted by molar-refractivity contribution is 0.0185. The molecule has 1 atom stereocenters. The van der Waals surface area contributed by atoms with Crippen LogP contribution in [-0.4, -0.2) is 61.1 Å². The number of amides is 1. The SMILES string of the molecule is Cc1cc(Br)cc(C(=O)N2CCC(N3CCOCC3)C2)c1. The third kappa shape index (κ3) is 3.47. The maximum Gasteiger partial charge on any atom is 0.253 e. The molecule has 1 aromatic carbocycles. The van der Waals surface area contributed by atoms with Gasteiger partial charge in [0.05, 0.1) is 13.2 Å². The van der Waals surface area contributed by atoms with Crippen molar-refractivity contribution in [3.63, 3.8) is 0 Å². The van der Waals surface area contributed by atoms with Gasteiger partial charge in [0.15, 0.2) is 0 Å². The Kier molecular flexibility index (Phi) is 4.62. The van der Waals surface area contributed by atoms with Crippen LogP contribution < -0.4 is 0 Å². The molecule has 0 saturated carbocycles. The summed E-state index contributed by atoms with van der Waals surface area (Å²) in [4.78, 5) is 17.1. The quantitative estimate of drug-likeness (QED) is 0.818. The number of carbonyl (C=O) groups excluding carboxylic acids is 1. The zero-order chi connectivity index (χ0) is 14.8. The fourth-order valence-corrected chi connectivity index (χ4v) is 3.82. The third-order valence-electron chi connectivity index (χ3n) is 4.30. The van der Waals surface area contributed by atoms with Crippen LogP contribution >= 0.6 is 15.9 Å². The van der Waals surface area contributed by atoms with Crippen molar-refractivity contribution in [2.24, 2.45) is 0 Å². The van der Waals surface area contributed by atoms with Gasteiger partial charge in [-0.2, -0.15) is 0 Å². The maximum atomic E-state index is 12.6. The van der Waals surface area contributed by atoms with E-state index in [0.717, 1.165) is 61.4 Å². The summed E-state index contributed by atoms with van der Waals surface area (Å²) in [6.45, 7) is 7.31. The number of rotatable bonds is 2. The Morgan fingerprint density at radius 2 is 2.00 bits per heavy atom. The minimum absolute atomic E-state index is 0.148. The predicted octanol–water partition coefficient (Wildman–Crippen LogP) is 2.30. The minimum Gasteiger partial charge on any atom is -0.379 e. The van der Waals surface area contributed by atoms with Crippen molar-refractivity contribution in [3.05, 3.63) is 33.8 Å². The molecule has 114 valence electrons. The molecular formula is C16H21BrN2O2. The summed E-state index contributed by atoms with van der Waals surface area (Å²) in [6, 6.07) is 6.40. The number of nitrogens with zero attached hydrogens (tertiary/aromatic N) is 2. The van der Waals surface area contributed by atoms with Gasteiger partial charge in [-0.1, -0.05) is 15.9 Å². The van der Waals surface area contributed by atoms with E-state index in [-0.39, 0.29) is 5.91 Å². The summed E-state index contributed by atoms with van der Waals surface area (Å²) in [5, 5.41) is 0. The summed E-state index contributed by atoms with van der Waals surface area (Å²) in [6.07, 6.45) is 1.07. The number of hydrogen-bond donors (Lipinski definition) is 0. The number of carbonyl (C=O) groups is 1. The molecule has 0 radical (unpaired) electrons. The second-order valence-electron chi connectivity index (χ2n) is 5.86. The molecule has 1 amide bonds. The van der Waals surface area contributed by atoms with E-state index < -0.39 is 0 Å². The Labute approximate surface area is 134 Å². The fraction of sp³-hybridized carbons (Fsp3) is 0.562. The van der Waals surface area contributed by atoms with Gasteiger partial charge in [-0.3, -0.25) is 9.69 Å². The molecule has 0 spiro atoms. The number of halogens is 1. The molecule has 3 rings (SSSR count). The van der Waals surface area contributed by atoms with Gasteiger partial charge >= 0.3 is 0 Å². The molecule has 0 aliphatic carbocycles. The molecule has 21 heavy (non-hydrogen) atoms. The van der Waals surface area contributed by atoms with E-state index in [1.54, 1.807) is 0 Å². The van der Waals surface area contributed by atoms with Gasteiger partial charge in [-0.05, 0) is 37.1 Å². The van der Waals surface area contributed by atoms with E-state index in [2.05, 4.69) is 20.8 Å². The Hall–Kier alpha value is -0.910. The first-order valence-electron chi connectivity index (χ1n) is 7.52. The van der Waals surface area contributed by atoms with Gasteiger partial charge in [0.2, 0.25) is 0 Å². The molecule has 2 heterocycles. The second kappa shape index (κ2) is 6.46. The minimum atomic E-state index is 0.148. The lowest BCUT2D eigenvalue weighted by Gasteiger charge is -2.32. The highest BCUT2D eigenvalue weighted by molar-refractivity contribution is 9.10. The molecule has 5 heteroatoms. The first-order chi connectivity index (χ1) is 10.1. The molecule has 4 nitrogen and oxygen atoms in total. The molecule has 1 aromatic rings. The largest absolute Gasteiger partial charge is 0.379 e. The van der Waals surface area contributed by atoms with Crippen molar-refractivity contribution < 1.29 is 9.53 Å². The molecule has 2 aliphatic rings. The van der Waals surface area contributed by atoms with Crippen LogP contribution in [0.4, 0.5) is 0 Å². The molecule has 1 unspecified atom stereocenters. The number of benzene rings is 1. The average molecular weight is 353 g/mol. The van der Waals surface area contributed by atoms with Crippen LogP contribution in [0.3, 0.4) is 0 Å². The maximum absolute atomic E-state index is 12.6. The molecule has 0 N–H and O–H groups in total. The molecule has 2 fully saturated rings. The summed E-state index contributed by atoms with van der Waals surface area (Å²) in [7, 11) is 0. The van der Waals surface area contributed by atoms with Gasteiger partial charge in [-0.25, -0.2) is 0 Å². The van der Waals surface area contributed by atoms with E-state index in [9.17, 15) is 4.79 Å². The molecule has 2 aliphatic heterocycles. The Morgan fingerprint density at radius 3 is 2.71 bits per heavy atom. The standard InChI is InChI=1S/C16H21BrN2O2/c1-12-8-13(10-14(17)9-12)16(20)19-3-2-15(11-19)18-4-6-21-7-5-18/h8-10,15H,2-7,11H2,1H3. The Balaban J connectivity index is 1.66. The zero-order valence-electron chi connectivity index (χ0n) is 12.3. The molecule has 0 bridgehead atoms. The van der Waals surface area contributed by atoms with Crippen molar-refractivity contribution in [2.75, 3.05) is 39.4 Å². The van der Waals surface area contributed by atoms with Gasteiger partial charge in [-0.15, -0.1) is 0 Å². The van der Waals surface area contributed by atoms with Crippen molar-refractivity contribution in [1.82, 2.24) is 9.80 Å². The lowest BCUT2D eigenvalue weighted by atomic mass is 10.1. The highest BCUT2D eigenvalue weighted by Crippen LogP contribution is 2.21. The first-order valence-corrected chi connectivity index (χ1v) is 8.31. The van der Waals surface area contributed by atoms with Crippen LogP contribution in [0.5, 0.6) is 0 Å². The van der Waals surface area contributed by atoms with Crippen LogP contribution in [0.15, 0.2) is 22.7 Å². The Bertz CT molecular complexity index is 509. The lowest BCUT2D eigenvalue weighted by Crippen LogP contribution is -2.45. The van der Waals surface area contributed by atoms with Crippen LogP contribution in [0.2, 0.25) is 0 Å². The topological polar surface area (TPSA) is 32.8 Å². The second-order valence-corrected chi connectivity index (χ2v) is 6.77. The summed E-state index contributed by atoms with van der Waals surface area (Å²) < 4.78 is 6.37. The zero-order valence-corrected chi connectivity index (χ0v) is 13.9. The molecule has 0 aromatic heterocycles. The smallest absolute Gasteiger partial charge is 0.253 e. The number of ether oxygens (including phenoxy) is 1. The van der Waals surface area contributed by atoms with E-state index in [1.165, 1.54) is 0 Å². The van der Waals surface area contributed by atoms with Crippen molar-refractivity contribution in [3.8, 4) is 0 Å². The van der Waals surface area contributed by atoms with E-state index in [0.29, 0.717) is 6.04 Å². The number of morpholine rings is 1. The van der Waals surface area contributed by atoms with Gasteiger partial charge < -0.3 is 9.64 Å². The van der Waals surface area contributed by atoms with Crippen molar-refractivity contribution in [2.45, 2.75) is 19.4 Å². The van der Waals surface area contributed by atoms with Crippen molar-refractivity contribution >= 4 is 21.8 Å². The Morgan fingerprint density at radius 1 is 1.24 bits per heavy atom. The van der Waals surface area contributed by atoms with E-state index >= 15 is 0 Å². The fourth-order valence-electron chi connectivity index (χ4n) is 3.21. The van der Waals surface area contributed by atoms with E-state index in [1.807, 2.05) is 30.0 Å². The monoisotopic (exact) mass is 352 g/mol. The molecular weight excluding hydrogens is 332 g/mol. The van der Waals surface area contributed by atoms with Gasteiger partial charge in [0.1, 0.15) is 0 Å². The van der Waals surface area contributed by atoms with Gasteiger partial charge in [0.25, 0.3) is 5.91 Å². The number of hydrogen-bond acceptors (Lipinski definition) is 3. The van der Waals surface area contributed by atoms with Gasteiger partial charge in [0, 0.05) is 42.3 Å². The first kappa shape index (κ1) is 15.0. The highest BCUT2D eigenvalue weighted by Gasteiger charge is 2.31. The van der Waals surface area contributed by atoms with Crippen LogP contribution in [-0.2, 0) is 4.74 Å². The van der Waals surface area contributed by atoms with E-state index in [4.69, 9.17) is 4.74 Å². The molecule has 2 saturated heterocycles. The average Bonchev–Trinajstić information content (AvgIpc) is 2.96. The summed E-state index contributed by atoms with van der Waals surface area (Å²) in [5.74, 6) is 0.148. The van der Waals surface area contributed by atoms with Crippen molar-refractivity contribution in [1.29, 1.82) is 0 Å². The predicted molar refractivity (Wildman–Crippen MR) is 85.6 cm³/mol. The summed E-state index contributed by atoms with van der Waals surface area (Å²) in [5.41, 5.74) is 1.89. The normalized spacial score (nSPS) is 23.5. The number of likely N-dealkylation sites (tertiary alicyclic amines) is 1.